The van der Waals surface area contributed by atoms with Crippen molar-refractivity contribution in [3.63, 3.8) is 0 Å². The maximum atomic E-state index is 13.3. The summed E-state index contributed by atoms with van der Waals surface area (Å²) in [4.78, 5) is 16.4. The van der Waals surface area contributed by atoms with Gasteiger partial charge in [-0.2, -0.15) is 0 Å². The zero-order chi connectivity index (χ0) is 23.7. The summed E-state index contributed by atoms with van der Waals surface area (Å²) in [5.41, 5.74) is 4.37. The molecule has 9 heteroatoms. The third kappa shape index (κ3) is 3.85. The molecule has 0 aliphatic carbocycles. The normalized spacial score (nSPS) is 16.3. The summed E-state index contributed by atoms with van der Waals surface area (Å²) in [5.74, 6) is -0.102. The maximum Gasteiger partial charge on any atom is 0.265 e. The molecule has 1 amide bonds. The summed E-state index contributed by atoms with van der Waals surface area (Å²) in [6, 6.07) is 22.2. The predicted molar refractivity (Wildman–Crippen MR) is 126 cm³/mol. The minimum Gasteiger partial charge on any atom is -0.489 e. The van der Waals surface area contributed by atoms with Crippen molar-refractivity contribution in [2.45, 2.75) is 24.0 Å². The molecule has 2 N–H and O–H groups in total. The van der Waals surface area contributed by atoms with Crippen LogP contribution in [0.4, 0.5) is 5.69 Å². The fourth-order valence-electron chi connectivity index (χ4n) is 4.25. The van der Waals surface area contributed by atoms with Crippen LogP contribution in [0.15, 0.2) is 90.0 Å². The molecule has 0 saturated carbocycles. The second-order valence-electron chi connectivity index (χ2n) is 7.86. The lowest BCUT2D eigenvalue weighted by Crippen LogP contribution is -2.32. The summed E-state index contributed by atoms with van der Waals surface area (Å²) in [5, 5.41) is 10.0. The topological polar surface area (TPSA) is 109 Å². The Morgan fingerprint density at radius 1 is 1.00 bits per heavy atom. The number of hydroxylamine groups is 1. The number of benzene rings is 3. The van der Waals surface area contributed by atoms with E-state index in [9.17, 15) is 13.2 Å². The standard InChI is InChI=1S/C25H21N3O5S/c29-25(27-30)15-23-21-6-2-4-8-24(21)34(31,32)28(23)18-9-11-19(12-10-18)33-16-17-13-14-26-22-7-3-1-5-20(17)22/h1-14,23,30H,15-16H2,(H,27,29). The molecular weight excluding hydrogens is 454 g/mol. The fraction of sp³-hybridized carbons (Fsp3) is 0.120. The van der Waals surface area contributed by atoms with Crippen LogP contribution in [0.3, 0.4) is 0 Å². The van der Waals surface area contributed by atoms with E-state index in [2.05, 4.69) is 4.98 Å². The molecule has 34 heavy (non-hydrogen) atoms. The van der Waals surface area contributed by atoms with Crippen molar-refractivity contribution in [2.75, 3.05) is 4.31 Å². The first-order valence-corrected chi connectivity index (χ1v) is 12.0. The van der Waals surface area contributed by atoms with E-state index in [1.54, 1.807) is 54.1 Å². The number of amides is 1. The van der Waals surface area contributed by atoms with Gasteiger partial charge < -0.3 is 4.74 Å². The van der Waals surface area contributed by atoms with Gasteiger partial charge in [-0.25, -0.2) is 13.9 Å². The van der Waals surface area contributed by atoms with Crippen LogP contribution in [-0.2, 0) is 21.4 Å². The van der Waals surface area contributed by atoms with Crippen LogP contribution >= 0.6 is 0 Å². The third-order valence-corrected chi connectivity index (χ3v) is 7.74. The van der Waals surface area contributed by atoms with Crippen LogP contribution in [0.25, 0.3) is 10.9 Å². The van der Waals surface area contributed by atoms with E-state index < -0.39 is 22.0 Å². The molecule has 0 spiro atoms. The first kappa shape index (κ1) is 21.9. The molecule has 0 bridgehead atoms. The van der Waals surface area contributed by atoms with E-state index in [-0.39, 0.29) is 11.3 Å². The number of carbonyl (C=O) groups excluding carboxylic acids is 1. The molecule has 5 rings (SSSR count). The van der Waals surface area contributed by atoms with Crippen molar-refractivity contribution in [3.05, 3.63) is 96.2 Å². The van der Waals surface area contributed by atoms with Crippen molar-refractivity contribution in [3.8, 4) is 5.75 Å². The SMILES string of the molecule is O=C(CC1c2ccccc2S(=O)(=O)N1c1ccc(OCc2ccnc3ccccc23)cc1)NO. The summed E-state index contributed by atoms with van der Waals surface area (Å²) in [6.07, 6.45) is 1.52. The van der Waals surface area contributed by atoms with Crippen molar-refractivity contribution in [1.29, 1.82) is 0 Å². The van der Waals surface area contributed by atoms with Gasteiger partial charge in [0.05, 0.1) is 28.6 Å². The highest BCUT2D eigenvalue weighted by atomic mass is 32.2. The highest BCUT2D eigenvalue weighted by molar-refractivity contribution is 7.93. The Kier molecular flexibility index (Phi) is 5.64. The van der Waals surface area contributed by atoms with E-state index >= 15 is 0 Å². The molecule has 172 valence electrons. The Bertz CT molecular complexity index is 1470. The van der Waals surface area contributed by atoms with Crippen LogP contribution in [0, 0.1) is 0 Å². The van der Waals surface area contributed by atoms with Gasteiger partial charge in [0.15, 0.2) is 0 Å². The number of fused-ring (bicyclic) bond motifs is 2. The Hall–Kier alpha value is -3.95. The van der Waals surface area contributed by atoms with Crippen LogP contribution in [-0.4, -0.2) is 24.5 Å². The number of pyridine rings is 1. The number of rotatable bonds is 6. The highest BCUT2D eigenvalue weighted by Crippen LogP contribution is 2.44. The van der Waals surface area contributed by atoms with Crippen molar-refractivity contribution < 1.29 is 23.2 Å². The second kappa shape index (κ2) is 8.77. The van der Waals surface area contributed by atoms with Gasteiger partial charge in [0, 0.05) is 17.1 Å². The molecule has 1 aliphatic heterocycles. The summed E-state index contributed by atoms with van der Waals surface area (Å²) >= 11 is 0. The minimum absolute atomic E-state index is 0.149. The van der Waals surface area contributed by atoms with Gasteiger partial charge in [0.25, 0.3) is 10.0 Å². The molecule has 1 atom stereocenters. The number of aromatic nitrogens is 1. The van der Waals surface area contributed by atoms with Gasteiger partial charge in [0.2, 0.25) is 5.91 Å². The van der Waals surface area contributed by atoms with E-state index in [1.807, 2.05) is 30.3 Å². The number of anilines is 1. The summed E-state index contributed by atoms with van der Waals surface area (Å²) in [6.45, 7) is 0.329. The number of carbonyl (C=O) groups is 1. The Morgan fingerprint density at radius 2 is 1.74 bits per heavy atom. The first-order valence-electron chi connectivity index (χ1n) is 10.6. The van der Waals surface area contributed by atoms with E-state index in [0.29, 0.717) is 23.6 Å². The number of nitrogens with zero attached hydrogens (tertiary/aromatic N) is 2. The largest absolute Gasteiger partial charge is 0.489 e. The van der Waals surface area contributed by atoms with Gasteiger partial charge in [-0.15, -0.1) is 0 Å². The number of hydrogen-bond donors (Lipinski definition) is 2. The third-order valence-electron chi connectivity index (χ3n) is 5.83. The lowest BCUT2D eigenvalue weighted by atomic mass is 10.0. The molecule has 0 saturated heterocycles. The van der Waals surface area contributed by atoms with Gasteiger partial charge >= 0.3 is 0 Å². The lowest BCUT2D eigenvalue weighted by Gasteiger charge is -2.25. The van der Waals surface area contributed by atoms with E-state index in [1.165, 1.54) is 10.4 Å². The average Bonchev–Trinajstić information content (AvgIpc) is 3.09. The quantitative estimate of drug-likeness (QED) is 0.323. The van der Waals surface area contributed by atoms with Gasteiger partial charge in [-0.3, -0.25) is 19.3 Å². The molecule has 1 unspecified atom stereocenters. The molecule has 0 radical (unpaired) electrons. The first-order chi connectivity index (χ1) is 16.5. The Labute approximate surface area is 196 Å². The molecule has 0 fully saturated rings. The highest BCUT2D eigenvalue weighted by Gasteiger charge is 2.43. The molecule has 1 aliphatic rings. The van der Waals surface area contributed by atoms with Crippen LogP contribution in [0.2, 0.25) is 0 Å². The van der Waals surface area contributed by atoms with Crippen LogP contribution in [0.5, 0.6) is 5.75 Å². The number of para-hydroxylation sites is 1. The van der Waals surface area contributed by atoms with Crippen molar-refractivity contribution in [1.82, 2.24) is 10.5 Å². The number of ether oxygens (including phenoxy) is 1. The number of nitrogens with one attached hydrogen (secondary N) is 1. The zero-order valence-corrected chi connectivity index (χ0v) is 18.8. The van der Waals surface area contributed by atoms with Crippen LogP contribution in [0.1, 0.15) is 23.6 Å². The summed E-state index contributed by atoms with van der Waals surface area (Å²) < 4.78 is 33.7. The molecular formula is C25H21N3O5S. The Balaban J connectivity index is 1.41. The van der Waals surface area contributed by atoms with Crippen molar-refractivity contribution >= 4 is 32.5 Å². The maximum absolute atomic E-state index is 13.3. The van der Waals surface area contributed by atoms with E-state index in [0.717, 1.165) is 16.5 Å². The second-order valence-corrected chi connectivity index (χ2v) is 9.65. The van der Waals surface area contributed by atoms with Gasteiger partial charge in [-0.1, -0.05) is 36.4 Å². The molecule has 1 aromatic heterocycles. The average molecular weight is 476 g/mol. The monoisotopic (exact) mass is 475 g/mol. The minimum atomic E-state index is -3.87. The molecule has 4 aromatic rings. The number of hydrogen-bond acceptors (Lipinski definition) is 6. The zero-order valence-electron chi connectivity index (χ0n) is 18.0. The lowest BCUT2D eigenvalue weighted by molar-refractivity contribution is -0.129. The van der Waals surface area contributed by atoms with Gasteiger partial charge in [-0.05, 0) is 48.0 Å². The number of sulfonamides is 1. The molecule has 2 heterocycles. The smallest absolute Gasteiger partial charge is 0.265 e. The molecule has 3 aromatic carbocycles. The predicted octanol–water partition coefficient (Wildman–Crippen LogP) is 3.96. The summed E-state index contributed by atoms with van der Waals surface area (Å²) in [7, 11) is -3.87. The van der Waals surface area contributed by atoms with E-state index in [4.69, 9.17) is 9.94 Å². The molecule has 8 nitrogen and oxygen atoms in total. The van der Waals surface area contributed by atoms with Crippen LogP contribution < -0.4 is 14.5 Å². The van der Waals surface area contributed by atoms with Crippen molar-refractivity contribution in [2.24, 2.45) is 0 Å². The fourth-order valence-corrected chi connectivity index (χ4v) is 6.14. The Morgan fingerprint density at radius 3 is 2.53 bits per heavy atom. The van der Waals surface area contributed by atoms with Gasteiger partial charge in [0.1, 0.15) is 12.4 Å².